The van der Waals surface area contributed by atoms with Crippen molar-refractivity contribution in [2.24, 2.45) is 7.05 Å². The number of aromatic nitrogens is 5. The molecule has 3 heterocycles. The van der Waals surface area contributed by atoms with Crippen LogP contribution in [0.25, 0.3) is 11.3 Å². The van der Waals surface area contributed by atoms with E-state index in [1.165, 1.54) is 0 Å². The lowest BCUT2D eigenvalue weighted by atomic mass is 10.2. The number of rotatable bonds is 4. The first kappa shape index (κ1) is 12.4. The first-order chi connectivity index (χ1) is 9.72. The molecule has 0 aliphatic heterocycles. The molecule has 102 valence electrons. The fraction of sp³-hybridized carbons (Fsp3) is 0.214. The number of hydrogen-bond acceptors (Lipinski definition) is 4. The zero-order chi connectivity index (χ0) is 13.9. The van der Waals surface area contributed by atoms with E-state index < -0.39 is 0 Å². The van der Waals surface area contributed by atoms with E-state index in [1.54, 1.807) is 6.20 Å². The maximum atomic E-state index is 5.73. The molecule has 6 heteroatoms. The smallest absolute Gasteiger partial charge is 0.123 e. The van der Waals surface area contributed by atoms with Crippen LogP contribution in [0.4, 0.5) is 5.82 Å². The maximum Gasteiger partial charge on any atom is 0.123 e. The van der Waals surface area contributed by atoms with Crippen LogP contribution in [-0.4, -0.2) is 24.3 Å². The average molecular weight is 268 g/mol. The highest BCUT2D eigenvalue weighted by molar-refractivity contribution is 5.61. The van der Waals surface area contributed by atoms with Crippen molar-refractivity contribution in [1.82, 2.24) is 24.3 Å². The van der Waals surface area contributed by atoms with Crippen LogP contribution in [0, 0.1) is 0 Å². The normalized spacial score (nSPS) is 10.8. The molecule has 0 aliphatic rings. The minimum absolute atomic E-state index is 0.514. The molecule has 0 unspecified atom stereocenters. The van der Waals surface area contributed by atoms with Gasteiger partial charge in [0.05, 0.1) is 23.9 Å². The second-order valence-electron chi connectivity index (χ2n) is 4.67. The van der Waals surface area contributed by atoms with E-state index in [0.717, 1.165) is 29.9 Å². The summed E-state index contributed by atoms with van der Waals surface area (Å²) in [7, 11) is 1.92. The molecule has 6 nitrogen and oxygen atoms in total. The average Bonchev–Trinajstić information content (AvgIpc) is 3.05. The Kier molecular flexibility index (Phi) is 3.20. The van der Waals surface area contributed by atoms with Crippen molar-refractivity contribution in [3.63, 3.8) is 0 Å². The molecule has 2 N–H and O–H groups in total. The van der Waals surface area contributed by atoms with Gasteiger partial charge >= 0.3 is 0 Å². The minimum Gasteiger partial charge on any atom is -0.384 e. The highest BCUT2D eigenvalue weighted by Crippen LogP contribution is 2.20. The predicted molar refractivity (Wildman–Crippen MR) is 76.8 cm³/mol. The van der Waals surface area contributed by atoms with Crippen molar-refractivity contribution in [1.29, 1.82) is 0 Å². The van der Waals surface area contributed by atoms with Crippen LogP contribution in [0.1, 0.15) is 5.69 Å². The molecule has 0 radical (unpaired) electrons. The van der Waals surface area contributed by atoms with Gasteiger partial charge in [-0.1, -0.05) is 0 Å². The molecule has 0 aliphatic carbocycles. The summed E-state index contributed by atoms with van der Waals surface area (Å²) in [5, 5.41) is 4.38. The van der Waals surface area contributed by atoms with Gasteiger partial charge in [0.1, 0.15) is 5.82 Å². The van der Waals surface area contributed by atoms with Gasteiger partial charge in [-0.05, 0) is 18.2 Å². The summed E-state index contributed by atoms with van der Waals surface area (Å²) in [6.07, 6.45) is 8.20. The fourth-order valence-electron chi connectivity index (χ4n) is 2.18. The van der Waals surface area contributed by atoms with E-state index in [9.17, 15) is 0 Å². The Morgan fingerprint density at radius 3 is 2.95 bits per heavy atom. The van der Waals surface area contributed by atoms with Gasteiger partial charge in [-0.25, -0.2) is 9.97 Å². The van der Waals surface area contributed by atoms with Crippen molar-refractivity contribution >= 4 is 5.82 Å². The van der Waals surface area contributed by atoms with Crippen LogP contribution >= 0.6 is 0 Å². The lowest BCUT2D eigenvalue weighted by Crippen LogP contribution is -2.03. The monoisotopic (exact) mass is 268 g/mol. The molecule has 20 heavy (non-hydrogen) atoms. The Morgan fingerprint density at radius 2 is 2.20 bits per heavy atom. The zero-order valence-electron chi connectivity index (χ0n) is 11.3. The van der Waals surface area contributed by atoms with E-state index in [0.29, 0.717) is 5.82 Å². The van der Waals surface area contributed by atoms with Crippen LogP contribution in [0.3, 0.4) is 0 Å². The zero-order valence-corrected chi connectivity index (χ0v) is 11.3. The Labute approximate surface area is 116 Å². The van der Waals surface area contributed by atoms with Crippen LogP contribution in [-0.2, 0) is 20.0 Å². The molecule has 3 aromatic heterocycles. The van der Waals surface area contributed by atoms with Gasteiger partial charge in [0.25, 0.3) is 0 Å². The number of hydrogen-bond donors (Lipinski definition) is 1. The summed E-state index contributed by atoms with van der Waals surface area (Å²) in [6.45, 7) is 0.828. The molecule has 0 bridgehead atoms. The first-order valence-electron chi connectivity index (χ1n) is 6.43. The number of imidazole rings is 1. The van der Waals surface area contributed by atoms with Crippen molar-refractivity contribution in [3.05, 3.63) is 48.8 Å². The van der Waals surface area contributed by atoms with Gasteiger partial charge in [-0.2, -0.15) is 5.10 Å². The largest absolute Gasteiger partial charge is 0.384 e. The number of pyridine rings is 1. The Bertz CT molecular complexity index is 712. The summed E-state index contributed by atoms with van der Waals surface area (Å²) >= 11 is 0. The number of aryl methyl sites for hydroxylation is 3. The maximum absolute atomic E-state index is 5.73. The molecule has 0 amide bonds. The second kappa shape index (κ2) is 5.16. The third-order valence-electron chi connectivity index (χ3n) is 3.17. The van der Waals surface area contributed by atoms with Crippen LogP contribution < -0.4 is 5.73 Å². The Hall–Kier alpha value is -2.63. The molecular formula is C14H16N6. The third kappa shape index (κ3) is 2.54. The molecular weight excluding hydrogens is 252 g/mol. The van der Waals surface area contributed by atoms with Crippen molar-refractivity contribution in [2.45, 2.75) is 13.0 Å². The van der Waals surface area contributed by atoms with Gasteiger partial charge in [-0.15, -0.1) is 0 Å². The Balaban J connectivity index is 1.80. The minimum atomic E-state index is 0.514. The summed E-state index contributed by atoms with van der Waals surface area (Å²) < 4.78 is 3.91. The van der Waals surface area contributed by atoms with Gasteiger partial charge in [-0.3, -0.25) is 4.68 Å². The van der Waals surface area contributed by atoms with Gasteiger partial charge < -0.3 is 10.3 Å². The predicted octanol–water partition coefficient (Wildman–Crippen LogP) is 1.50. The van der Waals surface area contributed by atoms with Crippen molar-refractivity contribution < 1.29 is 0 Å². The quantitative estimate of drug-likeness (QED) is 0.778. The number of nitrogens with two attached hydrogens (primary N) is 1. The fourth-order valence-corrected chi connectivity index (χ4v) is 2.18. The summed E-state index contributed by atoms with van der Waals surface area (Å²) in [6, 6.07) is 5.82. The van der Waals surface area contributed by atoms with E-state index in [2.05, 4.69) is 19.6 Å². The van der Waals surface area contributed by atoms with Crippen LogP contribution in [0.15, 0.2) is 43.1 Å². The second-order valence-corrected chi connectivity index (χ2v) is 4.67. The van der Waals surface area contributed by atoms with E-state index >= 15 is 0 Å². The molecule has 0 saturated heterocycles. The number of anilines is 1. The van der Waals surface area contributed by atoms with E-state index in [1.807, 2.05) is 48.6 Å². The Morgan fingerprint density at radius 1 is 1.30 bits per heavy atom. The van der Waals surface area contributed by atoms with Crippen molar-refractivity contribution in [3.8, 4) is 11.3 Å². The SMILES string of the molecule is Cn1ccc(CCn2cncc2-c2ccnc(N)c2)n1. The first-order valence-corrected chi connectivity index (χ1v) is 6.43. The summed E-state index contributed by atoms with van der Waals surface area (Å²) in [5.74, 6) is 0.514. The number of nitrogens with zero attached hydrogens (tertiary/aromatic N) is 5. The van der Waals surface area contributed by atoms with E-state index in [-0.39, 0.29) is 0 Å². The molecule has 0 fully saturated rings. The molecule has 0 aromatic carbocycles. The highest BCUT2D eigenvalue weighted by Gasteiger charge is 2.06. The molecule has 3 aromatic rings. The van der Waals surface area contributed by atoms with Gasteiger partial charge in [0, 0.05) is 38.0 Å². The van der Waals surface area contributed by atoms with Gasteiger partial charge in [0.2, 0.25) is 0 Å². The molecule has 3 rings (SSSR count). The van der Waals surface area contributed by atoms with Crippen LogP contribution in [0.5, 0.6) is 0 Å². The summed E-state index contributed by atoms with van der Waals surface area (Å²) in [5.41, 5.74) is 8.86. The standard InChI is InChI=1S/C14H16N6/c1-19-6-3-12(18-19)4-7-20-10-16-9-13(20)11-2-5-17-14(15)8-11/h2-3,5-6,8-10H,4,7H2,1H3,(H2,15,17). The van der Waals surface area contributed by atoms with Crippen molar-refractivity contribution in [2.75, 3.05) is 5.73 Å². The molecule has 0 spiro atoms. The van der Waals surface area contributed by atoms with Gasteiger partial charge in [0.15, 0.2) is 0 Å². The van der Waals surface area contributed by atoms with Crippen LogP contribution in [0.2, 0.25) is 0 Å². The third-order valence-corrected chi connectivity index (χ3v) is 3.17. The highest BCUT2D eigenvalue weighted by atomic mass is 15.2. The van der Waals surface area contributed by atoms with E-state index in [4.69, 9.17) is 5.73 Å². The topological polar surface area (TPSA) is 74.5 Å². The lowest BCUT2D eigenvalue weighted by molar-refractivity contribution is 0.668. The number of nitrogen functional groups attached to an aromatic ring is 1. The lowest BCUT2D eigenvalue weighted by Gasteiger charge is -2.07. The molecule has 0 atom stereocenters. The summed E-state index contributed by atoms with van der Waals surface area (Å²) in [4.78, 5) is 8.23. The molecule has 0 saturated carbocycles.